The molecular weight excluding hydrogens is 276 g/mol. The number of thiophene rings is 1. The first-order valence-corrected chi connectivity index (χ1v) is 7.82. The molecule has 0 unspecified atom stereocenters. The Hall–Kier alpha value is -0.960. The van der Waals surface area contributed by atoms with E-state index in [4.69, 9.17) is 9.88 Å². The van der Waals surface area contributed by atoms with Gasteiger partial charge in [0.15, 0.2) is 0 Å². The van der Waals surface area contributed by atoms with Gasteiger partial charge in [0.2, 0.25) is 10.0 Å². The first-order valence-electron chi connectivity index (χ1n) is 5.39. The maximum atomic E-state index is 12.2. The number of amides is 1. The lowest BCUT2D eigenvalue weighted by Gasteiger charge is -2.26. The summed E-state index contributed by atoms with van der Waals surface area (Å²) >= 11 is 0.984. The smallest absolute Gasteiger partial charge is 0.255 e. The zero-order chi connectivity index (χ0) is 13.3. The molecule has 2 N–H and O–H groups in total. The summed E-state index contributed by atoms with van der Waals surface area (Å²) in [7, 11) is -3.75. The van der Waals surface area contributed by atoms with Crippen LogP contribution in [0, 0.1) is 6.92 Å². The lowest BCUT2D eigenvalue weighted by molar-refractivity contribution is 0.0302. The maximum Gasteiger partial charge on any atom is 0.255 e. The molecule has 1 aromatic heterocycles. The van der Waals surface area contributed by atoms with E-state index in [0.29, 0.717) is 37.4 Å². The highest BCUT2D eigenvalue weighted by Gasteiger charge is 2.25. The van der Waals surface area contributed by atoms with Gasteiger partial charge < -0.3 is 9.64 Å². The van der Waals surface area contributed by atoms with Gasteiger partial charge in [-0.3, -0.25) is 4.79 Å². The van der Waals surface area contributed by atoms with Crippen LogP contribution in [0.4, 0.5) is 0 Å². The van der Waals surface area contributed by atoms with Crippen LogP contribution < -0.4 is 5.14 Å². The molecule has 6 nitrogen and oxygen atoms in total. The van der Waals surface area contributed by atoms with Crippen LogP contribution >= 0.6 is 11.3 Å². The number of primary sulfonamides is 1. The summed E-state index contributed by atoms with van der Waals surface area (Å²) in [5, 5.41) is 6.64. The van der Waals surface area contributed by atoms with Gasteiger partial charge in [-0.2, -0.15) is 0 Å². The number of sulfonamides is 1. The molecule has 1 aliphatic heterocycles. The lowest BCUT2D eigenvalue weighted by Crippen LogP contribution is -2.40. The molecule has 2 rings (SSSR count). The first kappa shape index (κ1) is 13.5. The topological polar surface area (TPSA) is 89.7 Å². The van der Waals surface area contributed by atoms with Gasteiger partial charge in [-0.15, -0.1) is 11.3 Å². The van der Waals surface area contributed by atoms with Crippen molar-refractivity contribution in [2.45, 2.75) is 11.1 Å². The van der Waals surface area contributed by atoms with E-state index in [1.807, 2.05) is 0 Å². The van der Waals surface area contributed by atoms with Crippen LogP contribution in [0.2, 0.25) is 0 Å². The minimum absolute atomic E-state index is 0.0547. The quantitative estimate of drug-likeness (QED) is 0.841. The van der Waals surface area contributed by atoms with Crippen molar-refractivity contribution in [1.82, 2.24) is 4.90 Å². The average molecular weight is 290 g/mol. The Morgan fingerprint density at radius 2 is 2.06 bits per heavy atom. The second kappa shape index (κ2) is 4.96. The van der Waals surface area contributed by atoms with Gasteiger partial charge in [0.05, 0.1) is 18.8 Å². The van der Waals surface area contributed by atoms with Gasteiger partial charge >= 0.3 is 0 Å². The number of hydrogen-bond acceptors (Lipinski definition) is 5. The number of rotatable bonds is 2. The van der Waals surface area contributed by atoms with Crippen molar-refractivity contribution in [1.29, 1.82) is 0 Å². The molecule has 0 saturated carbocycles. The molecule has 0 radical (unpaired) electrons. The molecule has 0 atom stereocenters. The zero-order valence-electron chi connectivity index (χ0n) is 9.88. The van der Waals surface area contributed by atoms with Gasteiger partial charge in [0.25, 0.3) is 5.91 Å². The standard InChI is InChI=1S/C10H14N2O4S2/c1-7-8(6-17-10(7)18(11,14)15)9(13)12-2-4-16-5-3-12/h6H,2-5H2,1H3,(H2,11,14,15). The third-order valence-electron chi connectivity index (χ3n) is 2.78. The minimum Gasteiger partial charge on any atom is -0.378 e. The zero-order valence-corrected chi connectivity index (χ0v) is 11.5. The molecule has 2 heterocycles. The predicted molar refractivity (Wildman–Crippen MR) is 67.2 cm³/mol. The molecule has 8 heteroatoms. The number of carbonyl (C=O) groups is 1. The van der Waals surface area contributed by atoms with Crippen LogP contribution in [-0.2, 0) is 14.8 Å². The Labute approximate surface area is 109 Å². The maximum absolute atomic E-state index is 12.2. The first-order chi connectivity index (χ1) is 8.41. The molecule has 1 fully saturated rings. The summed E-state index contributed by atoms with van der Waals surface area (Å²) in [6, 6.07) is 0. The molecule has 0 aromatic carbocycles. The van der Waals surface area contributed by atoms with Crippen LogP contribution in [0.5, 0.6) is 0 Å². The van der Waals surface area contributed by atoms with Crippen LogP contribution in [0.15, 0.2) is 9.59 Å². The van der Waals surface area contributed by atoms with Crippen LogP contribution in [-0.4, -0.2) is 45.5 Å². The third kappa shape index (κ3) is 2.56. The molecule has 18 heavy (non-hydrogen) atoms. The van der Waals surface area contributed by atoms with Crippen molar-refractivity contribution in [2.24, 2.45) is 5.14 Å². The number of nitrogens with two attached hydrogens (primary N) is 1. The van der Waals surface area contributed by atoms with Gasteiger partial charge in [-0.05, 0) is 12.5 Å². The normalized spacial score (nSPS) is 16.9. The van der Waals surface area contributed by atoms with Crippen LogP contribution in [0.3, 0.4) is 0 Å². The Morgan fingerprint density at radius 1 is 1.44 bits per heavy atom. The van der Waals surface area contributed by atoms with Crippen LogP contribution in [0.25, 0.3) is 0 Å². The molecule has 0 aliphatic carbocycles. The lowest BCUT2D eigenvalue weighted by atomic mass is 10.2. The molecule has 100 valence electrons. The highest BCUT2D eigenvalue weighted by Crippen LogP contribution is 2.26. The van der Waals surface area contributed by atoms with Gasteiger partial charge in [0.1, 0.15) is 4.21 Å². The van der Waals surface area contributed by atoms with Crippen molar-refractivity contribution < 1.29 is 17.9 Å². The average Bonchev–Trinajstić information content (AvgIpc) is 2.71. The third-order valence-corrected chi connectivity index (χ3v) is 5.46. The Kier molecular flexibility index (Phi) is 3.71. The van der Waals surface area contributed by atoms with E-state index >= 15 is 0 Å². The second-order valence-corrected chi connectivity index (χ2v) is 6.65. The van der Waals surface area contributed by atoms with E-state index in [2.05, 4.69) is 0 Å². The number of ether oxygens (including phenoxy) is 1. The van der Waals surface area contributed by atoms with Crippen LogP contribution in [0.1, 0.15) is 15.9 Å². The summed E-state index contributed by atoms with van der Waals surface area (Å²) in [4.78, 5) is 13.9. The van der Waals surface area contributed by atoms with E-state index in [9.17, 15) is 13.2 Å². The van der Waals surface area contributed by atoms with Crippen molar-refractivity contribution >= 4 is 27.3 Å². The van der Waals surface area contributed by atoms with E-state index < -0.39 is 10.0 Å². The van der Waals surface area contributed by atoms with Gasteiger partial charge in [0, 0.05) is 18.5 Å². The summed E-state index contributed by atoms with van der Waals surface area (Å²) in [6.07, 6.45) is 0. The fourth-order valence-corrected chi connectivity index (χ4v) is 3.83. The Balaban J connectivity index is 2.29. The molecule has 1 saturated heterocycles. The highest BCUT2D eigenvalue weighted by atomic mass is 32.2. The fraction of sp³-hybridized carbons (Fsp3) is 0.500. The molecule has 1 amide bonds. The predicted octanol–water partition coefficient (Wildman–Crippen LogP) is 0.176. The summed E-state index contributed by atoms with van der Waals surface area (Å²) < 4.78 is 27.8. The highest BCUT2D eigenvalue weighted by molar-refractivity contribution is 7.91. The molecular formula is C10H14N2O4S2. The van der Waals surface area contributed by atoms with E-state index in [0.717, 1.165) is 11.3 Å². The Morgan fingerprint density at radius 3 is 2.56 bits per heavy atom. The SMILES string of the molecule is Cc1c(C(=O)N2CCOCC2)csc1S(N)(=O)=O. The van der Waals surface area contributed by atoms with Crippen molar-refractivity contribution in [3.05, 3.63) is 16.5 Å². The summed E-state index contributed by atoms with van der Waals surface area (Å²) in [6.45, 7) is 3.68. The Bertz CT molecular complexity index is 558. The molecule has 1 aliphatic rings. The van der Waals surface area contributed by atoms with Gasteiger partial charge in [-0.1, -0.05) is 0 Å². The summed E-state index contributed by atoms with van der Waals surface area (Å²) in [5.41, 5.74) is 0.838. The number of nitrogens with zero attached hydrogens (tertiary/aromatic N) is 1. The van der Waals surface area contributed by atoms with E-state index in [1.165, 1.54) is 0 Å². The van der Waals surface area contributed by atoms with Crippen molar-refractivity contribution in [3.63, 3.8) is 0 Å². The van der Waals surface area contributed by atoms with Crippen molar-refractivity contribution in [3.8, 4) is 0 Å². The summed E-state index contributed by atoms with van der Waals surface area (Å²) in [5.74, 6) is -0.165. The molecule has 0 spiro atoms. The van der Waals surface area contributed by atoms with E-state index in [-0.39, 0.29) is 10.1 Å². The largest absolute Gasteiger partial charge is 0.378 e. The number of carbonyl (C=O) groups excluding carboxylic acids is 1. The fourth-order valence-electron chi connectivity index (χ4n) is 1.83. The van der Waals surface area contributed by atoms with Crippen molar-refractivity contribution in [2.75, 3.05) is 26.3 Å². The van der Waals surface area contributed by atoms with Gasteiger partial charge in [-0.25, -0.2) is 13.6 Å². The monoisotopic (exact) mass is 290 g/mol. The van der Waals surface area contributed by atoms with E-state index in [1.54, 1.807) is 17.2 Å². The second-order valence-electron chi connectivity index (χ2n) is 4.01. The molecule has 1 aromatic rings. The molecule has 0 bridgehead atoms. The number of hydrogen-bond donors (Lipinski definition) is 1. The minimum atomic E-state index is -3.75. The number of morpholine rings is 1.